The van der Waals surface area contributed by atoms with E-state index < -0.39 is 0 Å². The fourth-order valence-electron chi connectivity index (χ4n) is 2.73. The van der Waals surface area contributed by atoms with Crippen molar-refractivity contribution in [2.45, 2.75) is 51.6 Å². The van der Waals surface area contributed by atoms with Crippen LogP contribution in [0.4, 0.5) is 0 Å². The van der Waals surface area contributed by atoms with E-state index in [0.29, 0.717) is 29.2 Å². The third kappa shape index (κ3) is 5.24. The van der Waals surface area contributed by atoms with E-state index in [9.17, 15) is 0 Å². The first kappa shape index (κ1) is 18.4. The van der Waals surface area contributed by atoms with Crippen LogP contribution in [-0.4, -0.2) is 19.8 Å². The maximum atomic E-state index is 6.28. The van der Waals surface area contributed by atoms with Crippen molar-refractivity contribution in [3.05, 3.63) is 22.7 Å². The van der Waals surface area contributed by atoms with E-state index in [0.717, 1.165) is 12.1 Å². The molecule has 0 unspecified atom stereocenters. The van der Waals surface area contributed by atoms with Crippen LogP contribution in [0.3, 0.4) is 0 Å². The summed E-state index contributed by atoms with van der Waals surface area (Å²) in [5, 5.41) is 4.23. The van der Waals surface area contributed by atoms with E-state index in [1.165, 1.54) is 32.1 Å². The van der Waals surface area contributed by atoms with Gasteiger partial charge in [-0.25, -0.2) is 0 Å². The largest absolute Gasteiger partial charge is 0.493 e. The van der Waals surface area contributed by atoms with Gasteiger partial charge in [0, 0.05) is 12.6 Å². The van der Waals surface area contributed by atoms with E-state index in [1.807, 2.05) is 19.1 Å². The molecule has 0 radical (unpaired) electrons. The molecular weight excluding hydrogens is 309 g/mol. The van der Waals surface area contributed by atoms with Gasteiger partial charge in [0.2, 0.25) is 0 Å². The van der Waals surface area contributed by atoms with Crippen molar-refractivity contribution in [3.63, 3.8) is 0 Å². The maximum absolute atomic E-state index is 6.28. The average molecular weight is 334 g/mol. The van der Waals surface area contributed by atoms with Crippen LogP contribution in [0.2, 0.25) is 5.02 Å². The summed E-state index contributed by atoms with van der Waals surface area (Å²) in [6, 6.07) is 4.61. The van der Waals surface area contributed by atoms with E-state index in [-0.39, 0.29) is 12.4 Å². The zero-order valence-electron chi connectivity index (χ0n) is 12.8. The molecule has 1 aliphatic carbocycles. The van der Waals surface area contributed by atoms with Gasteiger partial charge in [0.05, 0.1) is 18.7 Å². The minimum absolute atomic E-state index is 0. The van der Waals surface area contributed by atoms with Crippen LogP contribution in [0.1, 0.15) is 44.6 Å². The van der Waals surface area contributed by atoms with Crippen LogP contribution < -0.4 is 14.8 Å². The van der Waals surface area contributed by atoms with E-state index in [1.54, 1.807) is 7.11 Å². The van der Waals surface area contributed by atoms with Gasteiger partial charge in [-0.1, -0.05) is 30.9 Å². The van der Waals surface area contributed by atoms with Gasteiger partial charge in [0.25, 0.3) is 0 Å². The first-order chi connectivity index (χ1) is 9.74. The Morgan fingerprint density at radius 1 is 1.24 bits per heavy atom. The van der Waals surface area contributed by atoms with Crippen LogP contribution in [0.25, 0.3) is 0 Å². The lowest BCUT2D eigenvalue weighted by molar-refractivity contribution is 0.310. The maximum Gasteiger partial charge on any atom is 0.179 e. The van der Waals surface area contributed by atoms with Crippen molar-refractivity contribution in [1.82, 2.24) is 5.32 Å². The number of hydrogen-bond acceptors (Lipinski definition) is 3. The molecule has 3 nitrogen and oxygen atoms in total. The predicted octanol–water partition coefficient (Wildman–Crippen LogP) is 4.59. The third-order valence-corrected chi connectivity index (χ3v) is 4.06. The molecular formula is C16H25Cl2NO2. The molecule has 1 aliphatic rings. The van der Waals surface area contributed by atoms with Gasteiger partial charge in [-0.05, 0) is 37.5 Å². The highest BCUT2D eigenvalue weighted by molar-refractivity contribution is 6.32. The average Bonchev–Trinajstić information content (AvgIpc) is 2.48. The second-order valence-corrected chi connectivity index (χ2v) is 5.67. The molecule has 1 aromatic rings. The highest BCUT2D eigenvalue weighted by atomic mass is 35.5. The van der Waals surface area contributed by atoms with Crippen LogP contribution in [0, 0.1) is 0 Å². The number of methoxy groups -OCH3 is 1. The minimum Gasteiger partial charge on any atom is -0.493 e. The number of nitrogens with one attached hydrogen (secondary N) is 1. The van der Waals surface area contributed by atoms with Crippen molar-refractivity contribution in [2.24, 2.45) is 0 Å². The van der Waals surface area contributed by atoms with Crippen molar-refractivity contribution >= 4 is 24.0 Å². The van der Waals surface area contributed by atoms with Gasteiger partial charge in [0.15, 0.2) is 11.5 Å². The van der Waals surface area contributed by atoms with Crippen LogP contribution >= 0.6 is 24.0 Å². The fraction of sp³-hybridized carbons (Fsp3) is 0.625. The van der Waals surface area contributed by atoms with E-state index in [2.05, 4.69) is 5.32 Å². The smallest absolute Gasteiger partial charge is 0.179 e. The Morgan fingerprint density at radius 3 is 2.57 bits per heavy atom. The van der Waals surface area contributed by atoms with Gasteiger partial charge in [-0.2, -0.15) is 0 Å². The lowest BCUT2D eigenvalue weighted by atomic mass is 9.95. The molecule has 0 amide bonds. The summed E-state index contributed by atoms with van der Waals surface area (Å²) in [5.74, 6) is 1.35. The zero-order chi connectivity index (χ0) is 14.4. The van der Waals surface area contributed by atoms with Crippen molar-refractivity contribution in [2.75, 3.05) is 13.7 Å². The third-order valence-electron chi connectivity index (χ3n) is 3.78. The van der Waals surface area contributed by atoms with E-state index >= 15 is 0 Å². The lowest BCUT2D eigenvalue weighted by Crippen LogP contribution is -2.30. The summed E-state index contributed by atoms with van der Waals surface area (Å²) in [7, 11) is 1.65. The summed E-state index contributed by atoms with van der Waals surface area (Å²) < 4.78 is 10.9. The number of halogens is 2. The zero-order valence-corrected chi connectivity index (χ0v) is 14.4. The molecule has 0 atom stereocenters. The highest BCUT2D eigenvalue weighted by Crippen LogP contribution is 2.36. The first-order valence-electron chi connectivity index (χ1n) is 7.47. The van der Waals surface area contributed by atoms with Gasteiger partial charge < -0.3 is 14.8 Å². The monoisotopic (exact) mass is 333 g/mol. The lowest BCUT2D eigenvalue weighted by Gasteiger charge is -2.23. The molecule has 120 valence electrons. The molecule has 1 N–H and O–H groups in total. The highest BCUT2D eigenvalue weighted by Gasteiger charge is 2.15. The van der Waals surface area contributed by atoms with Crippen molar-refractivity contribution in [3.8, 4) is 11.5 Å². The molecule has 0 aromatic heterocycles. The molecule has 1 aromatic carbocycles. The molecule has 0 bridgehead atoms. The second kappa shape index (κ2) is 9.39. The topological polar surface area (TPSA) is 30.5 Å². The Hall–Kier alpha value is -0.640. The number of hydrogen-bond donors (Lipinski definition) is 1. The molecule has 0 saturated heterocycles. The predicted molar refractivity (Wildman–Crippen MR) is 90.1 cm³/mol. The quantitative estimate of drug-likeness (QED) is 0.825. The van der Waals surface area contributed by atoms with Crippen LogP contribution in [0.5, 0.6) is 11.5 Å². The Bertz CT molecular complexity index is 435. The summed E-state index contributed by atoms with van der Waals surface area (Å²) in [4.78, 5) is 0. The van der Waals surface area contributed by atoms with Gasteiger partial charge >= 0.3 is 0 Å². The number of rotatable bonds is 6. The van der Waals surface area contributed by atoms with Crippen LogP contribution in [-0.2, 0) is 6.54 Å². The normalized spacial score (nSPS) is 15.4. The Labute approximate surface area is 138 Å². The summed E-state index contributed by atoms with van der Waals surface area (Å²) in [6.07, 6.45) is 6.61. The first-order valence-corrected chi connectivity index (χ1v) is 7.85. The molecule has 0 spiro atoms. The van der Waals surface area contributed by atoms with Crippen molar-refractivity contribution < 1.29 is 9.47 Å². The molecule has 1 fully saturated rings. The van der Waals surface area contributed by atoms with Gasteiger partial charge in [-0.15, -0.1) is 12.4 Å². The van der Waals surface area contributed by atoms with Gasteiger partial charge in [0.1, 0.15) is 0 Å². The number of benzene rings is 1. The summed E-state index contributed by atoms with van der Waals surface area (Å²) >= 11 is 6.28. The molecule has 2 rings (SSSR count). The van der Waals surface area contributed by atoms with Crippen molar-refractivity contribution in [1.29, 1.82) is 0 Å². The SMILES string of the molecule is CCOc1c(Cl)cc(CNC2CCCCC2)cc1OC.Cl. The Kier molecular flexibility index (Phi) is 8.23. The molecule has 0 heterocycles. The summed E-state index contributed by atoms with van der Waals surface area (Å²) in [5.41, 5.74) is 1.14. The molecule has 0 aliphatic heterocycles. The second-order valence-electron chi connectivity index (χ2n) is 5.26. The van der Waals surface area contributed by atoms with E-state index in [4.69, 9.17) is 21.1 Å². The van der Waals surface area contributed by atoms with Crippen LogP contribution in [0.15, 0.2) is 12.1 Å². The minimum atomic E-state index is 0. The Morgan fingerprint density at radius 2 is 1.95 bits per heavy atom. The van der Waals surface area contributed by atoms with Gasteiger partial charge in [-0.3, -0.25) is 0 Å². The standard InChI is InChI=1S/C16H24ClNO2.ClH/c1-3-20-16-14(17)9-12(10-15(16)19-2)11-18-13-7-5-4-6-8-13;/h9-10,13,18H,3-8,11H2,1-2H3;1H. The molecule has 5 heteroatoms. The number of ether oxygens (including phenoxy) is 2. The summed E-state index contributed by atoms with van der Waals surface area (Å²) in [6.45, 7) is 3.34. The Balaban J connectivity index is 0.00000220. The molecule has 1 saturated carbocycles. The fourth-order valence-corrected chi connectivity index (χ4v) is 3.02. The molecule has 21 heavy (non-hydrogen) atoms.